The van der Waals surface area contributed by atoms with E-state index in [-0.39, 0.29) is 5.91 Å². The number of carbonyl (C=O) groups excluding carboxylic acids is 1. The largest absolute Gasteiger partial charge is 0.377 e. The number of aliphatic hydroxyl groups excluding tert-OH is 1. The zero-order chi connectivity index (χ0) is 24.9. The van der Waals surface area contributed by atoms with Gasteiger partial charge in [0.15, 0.2) is 0 Å². The van der Waals surface area contributed by atoms with Crippen molar-refractivity contribution in [1.29, 1.82) is 0 Å². The van der Waals surface area contributed by atoms with Gasteiger partial charge >= 0.3 is 0 Å². The van der Waals surface area contributed by atoms with Gasteiger partial charge in [0.2, 0.25) is 0 Å². The van der Waals surface area contributed by atoms with Crippen LogP contribution in [0.1, 0.15) is 17.3 Å². The molecule has 0 aliphatic heterocycles. The number of aliphatic hydroxyl groups is 1. The maximum atomic E-state index is 12.9. The van der Waals surface area contributed by atoms with Crippen LogP contribution in [0.4, 0.5) is 11.5 Å². The summed E-state index contributed by atoms with van der Waals surface area (Å²) in [6.45, 7) is 1.84. The Morgan fingerprint density at radius 2 is 1.71 bits per heavy atom. The van der Waals surface area contributed by atoms with Crippen LogP contribution in [0.25, 0.3) is 22.4 Å². The number of carbonyl (C=O) groups is 1. The number of pyridine rings is 1. The van der Waals surface area contributed by atoms with Gasteiger partial charge in [0, 0.05) is 50.4 Å². The van der Waals surface area contributed by atoms with Gasteiger partial charge in [0.25, 0.3) is 5.91 Å². The van der Waals surface area contributed by atoms with E-state index in [1.54, 1.807) is 31.2 Å². The smallest absolute Gasteiger partial charge is 0.255 e. The summed E-state index contributed by atoms with van der Waals surface area (Å²) >= 11 is 0. The van der Waals surface area contributed by atoms with Gasteiger partial charge in [-0.1, -0.05) is 36.4 Å². The Kier molecular flexibility index (Phi) is 7.12. The molecule has 2 aromatic heterocycles. The Balaban J connectivity index is 1.49. The number of amides is 1. The van der Waals surface area contributed by atoms with Crippen LogP contribution in [0.15, 0.2) is 79.1 Å². The Hall–Kier alpha value is -4.17. The molecule has 0 saturated heterocycles. The minimum atomic E-state index is -0.941. The fourth-order valence-electron chi connectivity index (χ4n) is 3.79. The number of rotatable bonds is 8. The number of nitrogens with zero attached hydrogens (tertiary/aromatic N) is 4. The van der Waals surface area contributed by atoms with Crippen molar-refractivity contribution in [2.45, 2.75) is 19.2 Å². The fourth-order valence-corrected chi connectivity index (χ4v) is 3.79. The molecule has 2 aromatic carbocycles. The summed E-state index contributed by atoms with van der Waals surface area (Å²) < 4.78 is 1.76. The van der Waals surface area contributed by atoms with Crippen molar-refractivity contribution in [2.24, 2.45) is 7.05 Å². The van der Waals surface area contributed by atoms with Crippen molar-refractivity contribution in [3.8, 4) is 22.4 Å². The van der Waals surface area contributed by atoms with Crippen molar-refractivity contribution in [2.75, 3.05) is 24.7 Å². The first-order chi connectivity index (χ1) is 16.8. The molecule has 0 spiro atoms. The lowest BCUT2D eigenvalue weighted by atomic mass is 10.0. The van der Waals surface area contributed by atoms with Gasteiger partial charge in [-0.15, -0.1) is 0 Å². The predicted molar refractivity (Wildman–Crippen MR) is 139 cm³/mol. The highest BCUT2D eigenvalue weighted by Crippen LogP contribution is 2.27. The van der Waals surface area contributed by atoms with E-state index in [0.717, 1.165) is 22.4 Å². The fraction of sp³-hybridized carbons (Fsp3) is 0.222. The van der Waals surface area contributed by atoms with Gasteiger partial charge in [0.1, 0.15) is 12.0 Å². The van der Waals surface area contributed by atoms with E-state index in [1.807, 2.05) is 80.7 Å². The lowest BCUT2D eigenvalue weighted by Gasteiger charge is -2.25. The second-order valence-corrected chi connectivity index (χ2v) is 8.62. The van der Waals surface area contributed by atoms with E-state index in [0.29, 0.717) is 17.1 Å². The summed E-state index contributed by atoms with van der Waals surface area (Å²) in [6, 6.07) is 20.9. The Morgan fingerprint density at radius 1 is 0.971 bits per heavy atom. The van der Waals surface area contributed by atoms with Gasteiger partial charge in [-0.2, -0.15) is 5.10 Å². The minimum absolute atomic E-state index is 0.135. The van der Waals surface area contributed by atoms with Crippen LogP contribution >= 0.6 is 0 Å². The van der Waals surface area contributed by atoms with Gasteiger partial charge in [0.05, 0.1) is 17.3 Å². The van der Waals surface area contributed by atoms with Gasteiger partial charge in [-0.25, -0.2) is 4.98 Å². The van der Waals surface area contributed by atoms with E-state index < -0.39 is 12.3 Å². The van der Waals surface area contributed by atoms with Crippen molar-refractivity contribution in [3.05, 3.63) is 84.7 Å². The van der Waals surface area contributed by atoms with Crippen molar-refractivity contribution in [3.63, 3.8) is 0 Å². The number of aryl methyl sites for hydroxylation is 1. The number of nitrogens with one attached hydrogen (secondary N) is 2. The second-order valence-electron chi connectivity index (χ2n) is 8.62. The van der Waals surface area contributed by atoms with Crippen molar-refractivity contribution < 1.29 is 9.90 Å². The molecule has 1 amide bonds. The van der Waals surface area contributed by atoms with E-state index in [9.17, 15) is 9.90 Å². The van der Waals surface area contributed by atoms with Crippen LogP contribution in [0.3, 0.4) is 0 Å². The summed E-state index contributed by atoms with van der Waals surface area (Å²) in [7, 11) is 5.29. The van der Waals surface area contributed by atoms with Crippen LogP contribution in [0.2, 0.25) is 0 Å². The average molecular weight is 471 g/mol. The van der Waals surface area contributed by atoms with E-state index in [4.69, 9.17) is 0 Å². The van der Waals surface area contributed by atoms with Crippen molar-refractivity contribution in [1.82, 2.24) is 19.7 Å². The molecule has 0 bridgehead atoms. The normalized spacial score (nSPS) is 12.6. The highest BCUT2D eigenvalue weighted by Gasteiger charge is 2.20. The number of hydrogen-bond acceptors (Lipinski definition) is 6. The molecule has 180 valence electrons. The number of hydrogen-bond donors (Lipinski definition) is 3. The topological polar surface area (TPSA) is 95.3 Å². The predicted octanol–water partition coefficient (Wildman–Crippen LogP) is 4.08. The standard InChI is InChI=1S/C27H30N6O2/c1-18(26(34)31-25-13-11-21(17-28-25)19-8-6-5-7-9-19)30-23-12-10-20(24-14-15-29-33(24)4)16-22(23)27(35)32(2)3/h5-18,26,30,34H,1-4H3,(H,28,31). The Labute approximate surface area is 205 Å². The molecule has 8 heteroatoms. The SMILES string of the molecule is CC(Nc1ccc(-c2ccnn2C)cc1C(=O)N(C)C)C(O)Nc1ccc(-c2ccccc2)cn1. The molecule has 4 aromatic rings. The number of aromatic nitrogens is 3. The van der Waals surface area contributed by atoms with Crippen LogP contribution in [-0.4, -0.2) is 57.0 Å². The Morgan fingerprint density at radius 3 is 2.34 bits per heavy atom. The number of benzene rings is 2. The maximum Gasteiger partial charge on any atom is 0.255 e. The van der Waals surface area contributed by atoms with Gasteiger partial charge in [-0.05, 0) is 42.8 Å². The zero-order valence-corrected chi connectivity index (χ0v) is 20.3. The zero-order valence-electron chi connectivity index (χ0n) is 20.3. The van der Waals surface area contributed by atoms with Crippen LogP contribution < -0.4 is 10.6 Å². The molecule has 0 aliphatic carbocycles. The highest BCUT2D eigenvalue weighted by molar-refractivity contribution is 6.00. The summed E-state index contributed by atoms with van der Waals surface area (Å²) in [5.74, 6) is 0.423. The summed E-state index contributed by atoms with van der Waals surface area (Å²) in [5.41, 5.74) is 5.01. The van der Waals surface area contributed by atoms with E-state index >= 15 is 0 Å². The molecule has 0 radical (unpaired) electrons. The average Bonchev–Trinajstić information content (AvgIpc) is 3.30. The highest BCUT2D eigenvalue weighted by atomic mass is 16.3. The molecule has 0 saturated carbocycles. The third-order valence-corrected chi connectivity index (χ3v) is 5.80. The monoisotopic (exact) mass is 470 g/mol. The molecule has 2 unspecified atom stereocenters. The lowest BCUT2D eigenvalue weighted by Crippen LogP contribution is -2.37. The molecule has 3 N–H and O–H groups in total. The molecule has 0 fully saturated rings. The first-order valence-electron chi connectivity index (χ1n) is 11.4. The van der Waals surface area contributed by atoms with Crippen LogP contribution in [-0.2, 0) is 7.05 Å². The lowest BCUT2D eigenvalue weighted by molar-refractivity contribution is 0.0828. The van der Waals surface area contributed by atoms with Gasteiger partial charge < -0.3 is 20.6 Å². The maximum absolute atomic E-state index is 12.9. The molecule has 2 atom stereocenters. The van der Waals surface area contributed by atoms with E-state index in [1.165, 1.54) is 4.90 Å². The molecule has 2 heterocycles. The molecular weight excluding hydrogens is 440 g/mol. The third-order valence-electron chi connectivity index (χ3n) is 5.80. The Bertz CT molecular complexity index is 1280. The first kappa shape index (κ1) is 24.0. The summed E-state index contributed by atoms with van der Waals surface area (Å²) in [6.07, 6.45) is 2.55. The van der Waals surface area contributed by atoms with Gasteiger partial charge in [-0.3, -0.25) is 9.48 Å². The van der Waals surface area contributed by atoms with E-state index in [2.05, 4.69) is 20.7 Å². The molecule has 35 heavy (non-hydrogen) atoms. The second kappa shape index (κ2) is 10.4. The van der Waals surface area contributed by atoms with Crippen molar-refractivity contribution >= 4 is 17.4 Å². The third kappa shape index (κ3) is 5.50. The van der Waals surface area contributed by atoms with Crippen LogP contribution in [0, 0.1) is 0 Å². The van der Waals surface area contributed by atoms with Crippen LogP contribution in [0.5, 0.6) is 0 Å². The molecule has 4 rings (SSSR count). The molecular formula is C27H30N6O2. The quantitative estimate of drug-likeness (QED) is 0.336. The molecule has 8 nitrogen and oxygen atoms in total. The summed E-state index contributed by atoms with van der Waals surface area (Å²) in [5, 5.41) is 21.3. The minimum Gasteiger partial charge on any atom is -0.377 e. The molecule has 0 aliphatic rings. The first-order valence-corrected chi connectivity index (χ1v) is 11.4. The number of anilines is 2. The summed E-state index contributed by atoms with van der Waals surface area (Å²) in [4.78, 5) is 18.9.